The Balaban J connectivity index is 1.54. The van der Waals surface area contributed by atoms with E-state index in [1.165, 1.54) is 12.7 Å². The Morgan fingerprint density at radius 2 is 1.92 bits per heavy atom. The summed E-state index contributed by atoms with van der Waals surface area (Å²) in [5.41, 5.74) is 3.34. The summed E-state index contributed by atoms with van der Waals surface area (Å²) in [7, 11) is 1.46. The summed E-state index contributed by atoms with van der Waals surface area (Å²) in [6.07, 6.45) is 6.56. The lowest BCUT2D eigenvalue weighted by Gasteiger charge is -2.28. The predicted molar refractivity (Wildman–Crippen MR) is 148 cm³/mol. The first-order valence-electron chi connectivity index (χ1n) is 13.6. The molecule has 0 aromatic heterocycles. The Morgan fingerprint density at radius 3 is 2.59 bits per heavy atom. The highest BCUT2D eigenvalue weighted by atomic mass is 32.2. The van der Waals surface area contributed by atoms with Crippen molar-refractivity contribution in [2.24, 2.45) is 5.41 Å². The number of thioether (sulfide) groups is 1. The van der Waals surface area contributed by atoms with E-state index in [1.54, 1.807) is 0 Å². The maximum absolute atomic E-state index is 12.0. The van der Waals surface area contributed by atoms with E-state index in [1.807, 2.05) is 55.9 Å². The summed E-state index contributed by atoms with van der Waals surface area (Å²) in [4.78, 5) is 12.0. The molecule has 2 unspecified atom stereocenters. The summed E-state index contributed by atoms with van der Waals surface area (Å²) in [6, 6.07) is 16.4. The minimum absolute atomic E-state index is 0.0358. The second kappa shape index (κ2) is 12.3. The van der Waals surface area contributed by atoms with Crippen molar-refractivity contribution >= 4 is 17.7 Å². The van der Waals surface area contributed by atoms with Crippen molar-refractivity contribution in [1.29, 1.82) is 0 Å². The van der Waals surface area contributed by atoms with Gasteiger partial charge in [0.1, 0.15) is 6.10 Å². The molecule has 0 radical (unpaired) electrons. The Bertz CT molecular complexity index is 1040. The monoisotopic (exact) mass is 526 g/mol. The van der Waals surface area contributed by atoms with Crippen LogP contribution in [0.5, 0.6) is 0 Å². The van der Waals surface area contributed by atoms with Crippen LogP contribution in [-0.2, 0) is 26.3 Å². The summed E-state index contributed by atoms with van der Waals surface area (Å²) < 4.78 is 10.8. The van der Waals surface area contributed by atoms with Crippen molar-refractivity contribution in [3.63, 3.8) is 0 Å². The predicted octanol–water partition coefficient (Wildman–Crippen LogP) is 6.27. The molecule has 37 heavy (non-hydrogen) atoms. The van der Waals surface area contributed by atoms with E-state index < -0.39 is 11.7 Å². The Labute approximate surface area is 226 Å². The van der Waals surface area contributed by atoms with Crippen LogP contribution < -0.4 is 0 Å². The van der Waals surface area contributed by atoms with Crippen molar-refractivity contribution in [1.82, 2.24) is 0 Å². The summed E-state index contributed by atoms with van der Waals surface area (Å²) in [5, 5.41) is 22.0. The van der Waals surface area contributed by atoms with Gasteiger partial charge in [-0.3, -0.25) is 4.79 Å². The van der Waals surface area contributed by atoms with Gasteiger partial charge in [-0.15, -0.1) is 0 Å². The number of aliphatic hydroxyl groups excluding tert-OH is 1. The Hall–Kier alpha value is -1.86. The molecule has 3 atom stereocenters. The van der Waals surface area contributed by atoms with Gasteiger partial charge < -0.3 is 19.7 Å². The molecule has 2 fully saturated rings. The molecule has 4 rings (SSSR count). The summed E-state index contributed by atoms with van der Waals surface area (Å²) in [5.74, 6) is 0.768. The first kappa shape index (κ1) is 28.2. The van der Waals surface area contributed by atoms with Gasteiger partial charge in [-0.25, -0.2) is 0 Å². The van der Waals surface area contributed by atoms with Crippen LogP contribution in [0.2, 0.25) is 0 Å². The average molecular weight is 527 g/mol. The van der Waals surface area contributed by atoms with Gasteiger partial charge in [0.25, 0.3) is 0 Å². The van der Waals surface area contributed by atoms with Crippen LogP contribution in [0.4, 0.5) is 0 Å². The molecule has 2 aliphatic rings. The van der Waals surface area contributed by atoms with Gasteiger partial charge in [0.05, 0.1) is 25.2 Å². The standard InChI is InChI=1S/C31H42O5S/c1-30(2,34)25-12-5-4-9-22(25)14-15-27(37-21-31(16-17-31)20-28(32)35-3)23-10-8-11-24(19-23)29(33)26-13-6-7-18-36-26/h4-5,8-12,19,26-27,29,33-34H,6-7,13-18,20-21H2,1-3H3/t26?,27-,29?/m1/s1. The normalized spacial score (nSPS) is 20.7. The minimum atomic E-state index is -0.901. The lowest BCUT2D eigenvalue weighted by molar-refractivity contribution is -0.141. The van der Waals surface area contributed by atoms with Gasteiger partial charge in [-0.1, -0.05) is 48.5 Å². The van der Waals surface area contributed by atoms with Crippen LogP contribution in [0.3, 0.4) is 0 Å². The third-order valence-corrected chi connectivity index (χ3v) is 9.53. The summed E-state index contributed by atoms with van der Waals surface area (Å²) in [6.45, 7) is 4.38. The second-order valence-corrected chi connectivity index (χ2v) is 12.5. The van der Waals surface area contributed by atoms with Crippen molar-refractivity contribution in [2.45, 2.75) is 88.3 Å². The SMILES string of the molecule is COC(=O)CC1(CS[C@H](CCc2ccccc2C(C)(C)O)c2cccc(C(O)C3CCCCO3)c2)CC1. The number of benzene rings is 2. The number of rotatable bonds is 12. The van der Waals surface area contributed by atoms with Crippen LogP contribution in [0, 0.1) is 5.41 Å². The molecular formula is C31H42O5S. The van der Waals surface area contributed by atoms with E-state index in [0.717, 1.165) is 67.4 Å². The van der Waals surface area contributed by atoms with Crippen LogP contribution in [0.25, 0.3) is 0 Å². The van der Waals surface area contributed by atoms with Gasteiger partial charge >= 0.3 is 5.97 Å². The Morgan fingerprint density at radius 1 is 1.16 bits per heavy atom. The fourth-order valence-electron chi connectivity index (χ4n) is 5.35. The number of aliphatic hydroxyl groups is 2. The molecule has 0 amide bonds. The average Bonchev–Trinajstić information content (AvgIpc) is 3.67. The lowest BCUT2D eigenvalue weighted by atomic mass is 9.90. The first-order valence-corrected chi connectivity index (χ1v) is 14.6. The van der Waals surface area contributed by atoms with Crippen LogP contribution in [0.15, 0.2) is 48.5 Å². The number of methoxy groups -OCH3 is 1. The number of hydrogen-bond acceptors (Lipinski definition) is 6. The molecule has 0 bridgehead atoms. The zero-order valence-electron chi connectivity index (χ0n) is 22.4. The molecule has 1 saturated heterocycles. The van der Waals surface area contributed by atoms with E-state index in [0.29, 0.717) is 13.0 Å². The zero-order valence-corrected chi connectivity index (χ0v) is 23.3. The molecule has 0 spiro atoms. The summed E-state index contributed by atoms with van der Waals surface area (Å²) >= 11 is 1.90. The highest BCUT2D eigenvalue weighted by Crippen LogP contribution is 2.53. The highest BCUT2D eigenvalue weighted by Gasteiger charge is 2.45. The second-order valence-electron chi connectivity index (χ2n) is 11.3. The van der Waals surface area contributed by atoms with Gasteiger partial charge in [-0.2, -0.15) is 11.8 Å². The lowest BCUT2D eigenvalue weighted by Crippen LogP contribution is -2.26. The van der Waals surface area contributed by atoms with Crippen molar-refractivity contribution in [3.8, 4) is 0 Å². The van der Waals surface area contributed by atoms with Gasteiger partial charge in [0, 0.05) is 17.6 Å². The molecule has 5 nitrogen and oxygen atoms in total. The van der Waals surface area contributed by atoms with Crippen LogP contribution in [-0.4, -0.2) is 41.8 Å². The van der Waals surface area contributed by atoms with Gasteiger partial charge in [-0.05, 0) is 86.5 Å². The number of carbonyl (C=O) groups excluding carboxylic acids is 1. The number of ether oxygens (including phenoxy) is 2. The molecule has 2 N–H and O–H groups in total. The maximum atomic E-state index is 12.0. The molecule has 1 saturated carbocycles. The van der Waals surface area contributed by atoms with Crippen LogP contribution >= 0.6 is 11.8 Å². The molecule has 202 valence electrons. The zero-order chi connectivity index (χ0) is 26.5. The van der Waals surface area contributed by atoms with E-state index in [2.05, 4.69) is 18.2 Å². The number of carbonyl (C=O) groups is 1. The molecule has 1 heterocycles. The fraction of sp³-hybridized carbons (Fsp3) is 0.581. The molecule has 2 aromatic rings. The van der Waals surface area contributed by atoms with E-state index in [9.17, 15) is 15.0 Å². The van der Waals surface area contributed by atoms with E-state index in [4.69, 9.17) is 9.47 Å². The third kappa shape index (κ3) is 7.60. The maximum Gasteiger partial charge on any atom is 0.306 e. The number of esters is 1. The van der Waals surface area contributed by atoms with Gasteiger partial charge in [0.2, 0.25) is 0 Å². The number of hydrogen-bond donors (Lipinski definition) is 2. The first-order chi connectivity index (χ1) is 17.7. The fourth-order valence-corrected chi connectivity index (χ4v) is 6.91. The number of aryl methyl sites for hydroxylation is 1. The quantitative estimate of drug-likeness (QED) is 0.318. The molecular weight excluding hydrogens is 484 g/mol. The van der Waals surface area contributed by atoms with Gasteiger partial charge in [0.15, 0.2) is 0 Å². The Kier molecular flexibility index (Phi) is 9.38. The smallest absolute Gasteiger partial charge is 0.306 e. The molecule has 6 heteroatoms. The highest BCUT2D eigenvalue weighted by molar-refractivity contribution is 7.99. The minimum Gasteiger partial charge on any atom is -0.469 e. The van der Waals surface area contributed by atoms with Crippen molar-refractivity contribution in [3.05, 3.63) is 70.8 Å². The van der Waals surface area contributed by atoms with Crippen molar-refractivity contribution in [2.75, 3.05) is 19.5 Å². The third-order valence-electron chi connectivity index (χ3n) is 7.84. The molecule has 1 aliphatic heterocycles. The molecule has 1 aliphatic carbocycles. The van der Waals surface area contributed by atoms with E-state index >= 15 is 0 Å². The topological polar surface area (TPSA) is 76.0 Å². The largest absolute Gasteiger partial charge is 0.469 e. The van der Waals surface area contributed by atoms with Crippen molar-refractivity contribution < 1.29 is 24.5 Å². The van der Waals surface area contributed by atoms with E-state index in [-0.39, 0.29) is 22.7 Å². The molecule has 2 aromatic carbocycles. The van der Waals surface area contributed by atoms with Crippen LogP contribution in [0.1, 0.15) is 92.4 Å².